The van der Waals surface area contributed by atoms with Gasteiger partial charge in [-0.15, -0.1) is 10.2 Å². The minimum Gasteiger partial charge on any atom is -0.456 e. The molecule has 0 bridgehead atoms. The second kappa shape index (κ2) is 14.2. The van der Waals surface area contributed by atoms with Crippen molar-refractivity contribution in [2.24, 2.45) is 0 Å². The van der Waals surface area contributed by atoms with Crippen molar-refractivity contribution in [2.45, 2.75) is 0 Å². The smallest absolute Gasteiger partial charge is 0.182 e. The number of furan rings is 2. The molecule has 0 fully saturated rings. The van der Waals surface area contributed by atoms with Gasteiger partial charge in [-0.2, -0.15) is 0 Å². The summed E-state index contributed by atoms with van der Waals surface area (Å²) in [5.41, 5.74) is 12.7. The molecule has 6 nitrogen and oxygen atoms in total. The second-order valence-corrected chi connectivity index (χ2v) is 15.2. The maximum atomic E-state index is 6.92. The Balaban J connectivity index is 1.04. The third-order valence-corrected chi connectivity index (χ3v) is 11.6. The summed E-state index contributed by atoms with van der Waals surface area (Å²) in [6.45, 7) is 0. The van der Waals surface area contributed by atoms with E-state index in [1.807, 2.05) is 66.7 Å². The van der Waals surface area contributed by atoms with E-state index in [-0.39, 0.29) is 0 Å². The monoisotopic (exact) mass is 782 g/mol. The van der Waals surface area contributed by atoms with Crippen molar-refractivity contribution in [1.82, 2.24) is 15.2 Å². The summed E-state index contributed by atoms with van der Waals surface area (Å²) in [7, 11) is 0. The summed E-state index contributed by atoms with van der Waals surface area (Å²) < 4.78 is 13.1. The summed E-state index contributed by atoms with van der Waals surface area (Å²) >= 11 is 0. The maximum Gasteiger partial charge on any atom is 0.182 e. The summed E-state index contributed by atoms with van der Waals surface area (Å²) in [6.07, 6.45) is 0. The summed E-state index contributed by atoms with van der Waals surface area (Å²) in [6, 6.07) is 71.1. The minimum atomic E-state index is 0.533. The highest BCUT2D eigenvalue weighted by molar-refractivity contribution is 6.18. The first-order chi connectivity index (χ1) is 30.2. The third-order valence-electron chi connectivity index (χ3n) is 11.6. The molecule has 0 atom stereocenters. The standard InChI is InChI=1S/C55H34N4O2/c1-4-15-37(16-5-1)51-52(38-17-6-2-7-18-38)57-58-55(56-51)39-32-46(54-48(33-39)45-30-26-35-14-10-11-21-43(35)53(45)61-54)36-24-27-41(28-25-36)59(40-19-8-3-9-20-40)42-29-31-50-47(34-42)44-22-12-13-23-49(44)60-50/h1-34H. The number of para-hydroxylation sites is 2. The zero-order valence-electron chi connectivity index (χ0n) is 32.7. The highest BCUT2D eigenvalue weighted by Gasteiger charge is 2.21. The Morgan fingerprint density at radius 3 is 1.77 bits per heavy atom. The molecule has 9 aromatic carbocycles. The molecule has 286 valence electrons. The largest absolute Gasteiger partial charge is 0.456 e. The first-order valence-corrected chi connectivity index (χ1v) is 20.3. The Labute approximate surface area is 350 Å². The van der Waals surface area contributed by atoms with Crippen molar-refractivity contribution in [3.05, 3.63) is 206 Å². The molecule has 61 heavy (non-hydrogen) atoms. The van der Waals surface area contributed by atoms with E-state index in [1.165, 1.54) is 0 Å². The van der Waals surface area contributed by atoms with Crippen LogP contribution >= 0.6 is 0 Å². The van der Waals surface area contributed by atoms with Crippen LogP contribution in [0.2, 0.25) is 0 Å². The molecule has 12 aromatic rings. The summed E-state index contributed by atoms with van der Waals surface area (Å²) in [4.78, 5) is 7.55. The van der Waals surface area contributed by atoms with Crippen LogP contribution in [0.15, 0.2) is 215 Å². The van der Waals surface area contributed by atoms with Gasteiger partial charge in [-0.25, -0.2) is 4.98 Å². The molecular formula is C55H34N4O2. The van der Waals surface area contributed by atoms with Gasteiger partial charge in [-0.1, -0.05) is 140 Å². The van der Waals surface area contributed by atoms with Crippen LogP contribution in [0, 0.1) is 0 Å². The van der Waals surface area contributed by atoms with Crippen molar-refractivity contribution in [3.63, 3.8) is 0 Å². The number of hydrogen-bond acceptors (Lipinski definition) is 6. The molecule has 12 rings (SSSR count). The van der Waals surface area contributed by atoms with Crippen molar-refractivity contribution in [1.29, 1.82) is 0 Å². The van der Waals surface area contributed by atoms with Crippen molar-refractivity contribution < 1.29 is 8.83 Å². The zero-order valence-corrected chi connectivity index (χ0v) is 32.7. The van der Waals surface area contributed by atoms with E-state index in [2.05, 4.69) is 144 Å². The fourth-order valence-electron chi connectivity index (χ4n) is 8.65. The Bertz CT molecular complexity index is 3580. The SMILES string of the molecule is c1ccc(-c2nnc(-c3cc(-c4ccc(N(c5ccccc5)c5ccc6oc7ccccc7c6c5)cc4)c4oc5c6ccccc6ccc5c4c3)nc2-c2ccccc2)cc1. The lowest BCUT2D eigenvalue weighted by Gasteiger charge is -2.25. The fourth-order valence-corrected chi connectivity index (χ4v) is 8.65. The molecule has 6 heteroatoms. The van der Waals surface area contributed by atoms with E-state index < -0.39 is 0 Å². The number of hydrogen-bond donors (Lipinski definition) is 0. The zero-order chi connectivity index (χ0) is 40.3. The Morgan fingerprint density at radius 1 is 0.344 bits per heavy atom. The Morgan fingerprint density at radius 2 is 0.984 bits per heavy atom. The van der Waals surface area contributed by atoms with Crippen LogP contribution < -0.4 is 4.90 Å². The van der Waals surface area contributed by atoms with Crippen molar-refractivity contribution >= 4 is 71.7 Å². The van der Waals surface area contributed by atoms with Crippen LogP contribution in [-0.2, 0) is 0 Å². The molecule has 0 saturated carbocycles. The number of fused-ring (bicyclic) bond motifs is 8. The average Bonchev–Trinajstić information content (AvgIpc) is 3.91. The molecule has 0 aliphatic rings. The number of aromatic nitrogens is 3. The van der Waals surface area contributed by atoms with Gasteiger partial charge in [-0.05, 0) is 77.7 Å². The van der Waals surface area contributed by atoms with Crippen LogP contribution in [0.3, 0.4) is 0 Å². The molecule has 0 saturated heterocycles. The van der Waals surface area contributed by atoms with E-state index in [0.717, 1.165) is 111 Å². The Kier molecular flexibility index (Phi) is 8.06. The maximum absolute atomic E-state index is 6.92. The molecule has 3 aromatic heterocycles. The lowest BCUT2D eigenvalue weighted by Crippen LogP contribution is -2.09. The van der Waals surface area contributed by atoms with Crippen LogP contribution in [0.1, 0.15) is 0 Å². The number of anilines is 3. The van der Waals surface area contributed by atoms with Crippen LogP contribution in [0.5, 0.6) is 0 Å². The third kappa shape index (κ3) is 5.92. The molecular weight excluding hydrogens is 749 g/mol. The summed E-state index contributed by atoms with van der Waals surface area (Å²) in [5, 5.41) is 16.0. The predicted molar refractivity (Wildman–Crippen MR) is 248 cm³/mol. The molecule has 0 amide bonds. The van der Waals surface area contributed by atoms with Crippen LogP contribution in [0.4, 0.5) is 17.1 Å². The van der Waals surface area contributed by atoms with Gasteiger partial charge in [0, 0.05) is 66.2 Å². The average molecular weight is 783 g/mol. The van der Waals surface area contributed by atoms with E-state index in [4.69, 9.17) is 24.0 Å². The van der Waals surface area contributed by atoms with Gasteiger partial charge in [-0.3, -0.25) is 0 Å². The highest BCUT2D eigenvalue weighted by atomic mass is 16.3. The van der Waals surface area contributed by atoms with Gasteiger partial charge in [0.05, 0.1) is 0 Å². The number of benzene rings is 9. The first kappa shape index (κ1) is 34.7. The lowest BCUT2D eigenvalue weighted by molar-refractivity contribution is 0.669. The fraction of sp³-hybridized carbons (Fsp3) is 0. The molecule has 0 unspecified atom stereocenters. The van der Waals surface area contributed by atoms with Crippen molar-refractivity contribution in [2.75, 3.05) is 4.90 Å². The molecule has 3 heterocycles. The molecule has 0 radical (unpaired) electrons. The number of rotatable bonds is 7. The van der Waals surface area contributed by atoms with E-state index in [1.54, 1.807) is 0 Å². The highest BCUT2D eigenvalue weighted by Crippen LogP contribution is 2.44. The van der Waals surface area contributed by atoms with Gasteiger partial charge in [0.25, 0.3) is 0 Å². The topological polar surface area (TPSA) is 68.2 Å². The quantitative estimate of drug-likeness (QED) is 0.160. The van der Waals surface area contributed by atoms with Crippen LogP contribution in [-0.4, -0.2) is 15.2 Å². The first-order valence-electron chi connectivity index (χ1n) is 20.3. The van der Waals surface area contributed by atoms with E-state index in [0.29, 0.717) is 5.82 Å². The van der Waals surface area contributed by atoms with Gasteiger partial charge >= 0.3 is 0 Å². The van der Waals surface area contributed by atoms with Gasteiger partial charge in [0.1, 0.15) is 33.7 Å². The molecule has 0 aliphatic heterocycles. The number of nitrogens with zero attached hydrogens (tertiary/aromatic N) is 4. The van der Waals surface area contributed by atoms with Gasteiger partial charge in [0.2, 0.25) is 0 Å². The van der Waals surface area contributed by atoms with E-state index >= 15 is 0 Å². The normalized spacial score (nSPS) is 11.6. The molecule has 0 spiro atoms. The Hall–Kier alpha value is -8.35. The van der Waals surface area contributed by atoms with Crippen molar-refractivity contribution in [3.8, 4) is 45.0 Å². The second-order valence-electron chi connectivity index (χ2n) is 15.2. The van der Waals surface area contributed by atoms with Crippen LogP contribution in [0.25, 0.3) is 99.7 Å². The van der Waals surface area contributed by atoms with E-state index in [9.17, 15) is 0 Å². The van der Waals surface area contributed by atoms with Gasteiger partial charge in [0.15, 0.2) is 5.82 Å². The lowest BCUT2D eigenvalue weighted by atomic mass is 9.97. The predicted octanol–water partition coefficient (Wildman–Crippen LogP) is 15.0. The molecule has 0 aliphatic carbocycles. The summed E-state index contributed by atoms with van der Waals surface area (Å²) in [5.74, 6) is 0.533. The van der Waals surface area contributed by atoms with Gasteiger partial charge < -0.3 is 13.7 Å². The minimum absolute atomic E-state index is 0.533. The molecule has 0 N–H and O–H groups in total.